The summed E-state index contributed by atoms with van der Waals surface area (Å²) < 4.78 is 12.8. The minimum Gasteiger partial charge on any atom is -0.340 e. The molecule has 1 saturated heterocycles. The molecule has 2 N–H and O–H groups in total. The van der Waals surface area contributed by atoms with Crippen molar-refractivity contribution in [3.05, 3.63) is 35.6 Å². The number of nitrogens with two attached hydrogens (primary N) is 1. The second kappa shape index (κ2) is 6.63. The Labute approximate surface area is 113 Å². The lowest BCUT2D eigenvalue weighted by Crippen LogP contribution is -2.38. The van der Waals surface area contributed by atoms with Crippen molar-refractivity contribution in [2.45, 2.75) is 13.0 Å². The number of nitrogens with zero attached hydrogens (tertiary/aromatic N) is 2. The number of halogens is 1. The molecule has 5 heteroatoms. The maximum absolute atomic E-state index is 12.8. The average molecular weight is 265 g/mol. The number of carbonyl (C=O) groups is 1. The van der Waals surface area contributed by atoms with Gasteiger partial charge in [0, 0.05) is 32.7 Å². The summed E-state index contributed by atoms with van der Waals surface area (Å²) in [6, 6.07) is 6.58. The maximum atomic E-state index is 12.8. The van der Waals surface area contributed by atoms with Crippen LogP contribution in [-0.2, 0) is 11.3 Å². The summed E-state index contributed by atoms with van der Waals surface area (Å²) in [7, 11) is 0. The summed E-state index contributed by atoms with van der Waals surface area (Å²) in [5.41, 5.74) is 6.48. The Hall–Kier alpha value is -1.46. The quantitative estimate of drug-likeness (QED) is 0.880. The lowest BCUT2D eigenvalue weighted by Gasteiger charge is -2.21. The van der Waals surface area contributed by atoms with E-state index < -0.39 is 0 Å². The summed E-state index contributed by atoms with van der Waals surface area (Å²) in [6.45, 7) is 4.16. The summed E-state index contributed by atoms with van der Waals surface area (Å²) in [4.78, 5) is 15.7. The predicted octanol–water partition coefficient (Wildman–Crippen LogP) is 0.819. The van der Waals surface area contributed by atoms with Gasteiger partial charge in [0.25, 0.3) is 0 Å². The van der Waals surface area contributed by atoms with Gasteiger partial charge in [-0.05, 0) is 24.1 Å². The third kappa shape index (κ3) is 4.01. The molecule has 0 atom stereocenters. The molecule has 0 aromatic heterocycles. The lowest BCUT2D eigenvalue weighted by atomic mass is 10.2. The van der Waals surface area contributed by atoms with Gasteiger partial charge < -0.3 is 10.6 Å². The van der Waals surface area contributed by atoms with Crippen LogP contribution in [0.2, 0.25) is 0 Å². The summed E-state index contributed by atoms with van der Waals surface area (Å²) >= 11 is 0. The molecule has 1 fully saturated rings. The van der Waals surface area contributed by atoms with E-state index in [1.807, 2.05) is 17.0 Å². The highest BCUT2D eigenvalue weighted by Gasteiger charge is 2.17. The fraction of sp³-hybridized carbons (Fsp3) is 0.500. The molecule has 1 aromatic carbocycles. The van der Waals surface area contributed by atoms with Gasteiger partial charge in [0.2, 0.25) is 5.91 Å². The Kier molecular flexibility index (Phi) is 4.87. The van der Waals surface area contributed by atoms with Crippen LogP contribution in [0, 0.1) is 5.82 Å². The molecule has 0 radical (unpaired) electrons. The Balaban J connectivity index is 1.89. The zero-order valence-corrected chi connectivity index (χ0v) is 11.0. The molecule has 1 aliphatic heterocycles. The first-order valence-electron chi connectivity index (χ1n) is 6.63. The van der Waals surface area contributed by atoms with Crippen molar-refractivity contribution in [3.8, 4) is 0 Å². The molecular weight excluding hydrogens is 245 g/mol. The number of benzene rings is 1. The van der Waals surface area contributed by atoms with Crippen molar-refractivity contribution >= 4 is 5.91 Å². The molecule has 0 aliphatic carbocycles. The Morgan fingerprint density at radius 3 is 2.58 bits per heavy atom. The van der Waals surface area contributed by atoms with Gasteiger partial charge in [0.1, 0.15) is 5.82 Å². The molecule has 0 bridgehead atoms. The summed E-state index contributed by atoms with van der Waals surface area (Å²) in [5, 5.41) is 0. The number of carbonyl (C=O) groups excluding carboxylic acids is 1. The van der Waals surface area contributed by atoms with Crippen LogP contribution in [0.1, 0.15) is 12.0 Å². The van der Waals surface area contributed by atoms with Crippen molar-refractivity contribution in [1.29, 1.82) is 0 Å². The zero-order valence-electron chi connectivity index (χ0n) is 11.0. The normalized spacial score (nSPS) is 17.3. The second-order valence-corrected chi connectivity index (χ2v) is 4.84. The minimum atomic E-state index is -0.209. The lowest BCUT2D eigenvalue weighted by molar-refractivity contribution is -0.129. The van der Waals surface area contributed by atoms with Crippen molar-refractivity contribution in [2.24, 2.45) is 5.73 Å². The van der Waals surface area contributed by atoms with E-state index >= 15 is 0 Å². The van der Waals surface area contributed by atoms with Crippen LogP contribution >= 0.6 is 0 Å². The highest BCUT2D eigenvalue weighted by Crippen LogP contribution is 2.10. The van der Waals surface area contributed by atoms with Crippen molar-refractivity contribution < 1.29 is 9.18 Å². The van der Waals surface area contributed by atoms with Gasteiger partial charge in [-0.1, -0.05) is 12.1 Å². The molecular formula is C14H20FN3O. The largest absolute Gasteiger partial charge is 0.340 e. The average Bonchev–Trinajstić information content (AvgIpc) is 2.66. The highest BCUT2D eigenvalue weighted by atomic mass is 19.1. The smallest absolute Gasteiger partial charge is 0.236 e. The third-order valence-electron chi connectivity index (χ3n) is 3.44. The second-order valence-electron chi connectivity index (χ2n) is 4.84. The van der Waals surface area contributed by atoms with Crippen LogP contribution in [-0.4, -0.2) is 48.4 Å². The Bertz CT molecular complexity index is 421. The molecule has 0 unspecified atom stereocenters. The SMILES string of the molecule is NCC(=O)N1CCCN(Cc2ccc(F)cc2)CC1. The standard InChI is InChI=1S/C14H20FN3O/c15-13-4-2-12(3-5-13)11-17-6-1-7-18(9-8-17)14(19)10-16/h2-5H,1,6-11,16H2. The van der Waals surface area contributed by atoms with Crippen molar-refractivity contribution in [2.75, 3.05) is 32.7 Å². The first-order valence-corrected chi connectivity index (χ1v) is 6.63. The zero-order chi connectivity index (χ0) is 13.7. The first kappa shape index (κ1) is 14.0. The topological polar surface area (TPSA) is 49.6 Å². The summed E-state index contributed by atoms with van der Waals surface area (Å²) in [5.74, 6) is -0.192. The fourth-order valence-corrected chi connectivity index (χ4v) is 2.36. The molecule has 0 saturated carbocycles. The van der Waals surface area contributed by atoms with Gasteiger partial charge in [-0.2, -0.15) is 0 Å². The van der Waals surface area contributed by atoms with Gasteiger partial charge in [-0.25, -0.2) is 4.39 Å². The predicted molar refractivity (Wildman–Crippen MR) is 71.9 cm³/mol. The van der Waals surface area contributed by atoms with Gasteiger partial charge in [-0.15, -0.1) is 0 Å². The van der Waals surface area contributed by atoms with Crippen LogP contribution < -0.4 is 5.73 Å². The van der Waals surface area contributed by atoms with E-state index in [0.717, 1.165) is 44.7 Å². The molecule has 104 valence electrons. The van der Waals surface area contributed by atoms with Gasteiger partial charge >= 0.3 is 0 Å². The number of rotatable bonds is 3. The van der Waals surface area contributed by atoms with E-state index in [4.69, 9.17) is 5.73 Å². The van der Waals surface area contributed by atoms with E-state index in [9.17, 15) is 9.18 Å². The first-order chi connectivity index (χ1) is 9.19. The number of amides is 1. The monoisotopic (exact) mass is 265 g/mol. The highest BCUT2D eigenvalue weighted by molar-refractivity contribution is 5.78. The molecule has 1 heterocycles. The van der Waals surface area contributed by atoms with Crippen LogP contribution in [0.4, 0.5) is 4.39 Å². The summed E-state index contributed by atoms with van der Waals surface area (Å²) in [6.07, 6.45) is 0.951. The molecule has 1 aliphatic rings. The molecule has 2 rings (SSSR count). The van der Waals surface area contributed by atoms with E-state index in [1.165, 1.54) is 12.1 Å². The fourth-order valence-electron chi connectivity index (χ4n) is 2.36. The van der Waals surface area contributed by atoms with Crippen LogP contribution in [0.5, 0.6) is 0 Å². The Morgan fingerprint density at radius 1 is 1.16 bits per heavy atom. The maximum Gasteiger partial charge on any atom is 0.236 e. The number of hydrogen-bond acceptors (Lipinski definition) is 3. The Morgan fingerprint density at radius 2 is 1.89 bits per heavy atom. The molecule has 4 nitrogen and oxygen atoms in total. The number of hydrogen-bond donors (Lipinski definition) is 1. The van der Waals surface area contributed by atoms with Crippen LogP contribution in [0.15, 0.2) is 24.3 Å². The van der Waals surface area contributed by atoms with Gasteiger partial charge in [0.05, 0.1) is 6.54 Å². The van der Waals surface area contributed by atoms with Gasteiger partial charge in [0.15, 0.2) is 0 Å². The van der Waals surface area contributed by atoms with Crippen molar-refractivity contribution in [3.63, 3.8) is 0 Å². The molecule has 19 heavy (non-hydrogen) atoms. The van der Waals surface area contributed by atoms with Gasteiger partial charge in [-0.3, -0.25) is 9.69 Å². The van der Waals surface area contributed by atoms with Crippen LogP contribution in [0.25, 0.3) is 0 Å². The van der Waals surface area contributed by atoms with E-state index in [0.29, 0.717) is 0 Å². The van der Waals surface area contributed by atoms with Crippen molar-refractivity contribution in [1.82, 2.24) is 9.80 Å². The van der Waals surface area contributed by atoms with Crippen LogP contribution in [0.3, 0.4) is 0 Å². The minimum absolute atomic E-state index is 0.0173. The molecule has 1 amide bonds. The molecule has 1 aromatic rings. The third-order valence-corrected chi connectivity index (χ3v) is 3.44. The van der Waals surface area contributed by atoms with E-state index in [1.54, 1.807) is 0 Å². The van der Waals surface area contributed by atoms with E-state index in [-0.39, 0.29) is 18.3 Å². The molecule has 0 spiro atoms. The van der Waals surface area contributed by atoms with E-state index in [2.05, 4.69) is 4.90 Å².